The summed E-state index contributed by atoms with van der Waals surface area (Å²) in [6.07, 6.45) is -4.32. The molecule has 0 aliphatic rings. The molecule has 3 nitrogen and oxygen atoms in total. The molecular formula is C10H8F3N3S. The molecule has 1 heterocycles. The van der Waals surface area contributed by atoms with E-state index in [0.29, 0.717) is 16.2 Å². The first-order valence-corrected chi connectivity index (χ1v) is 5.09. The van der Waals surface area contributed by atoms with Crippen molar-refractivity contribution < 1.29 is 13.2 Å². The predicted molar refractivity (Wildman–Crippen MR) is 58.8 cm³/mol. The molecule has 2 rings (SSSR count). The first kappa shape index (κ1) is 11.8. The van der Waals surface area contributed by atoms with Crippen molar-refractivity contribution in [1.82, 2.24) is 14.8 Å². The highest BCUT2D eigenvalue weighted by Gasteiger charge is 2.30. The van der Waals surface area contributed by atoms with Gasteiger partial charge in [-0.05, 0) is 24.4 Å². The summed E-state index contributed by atoms with van der Waals surface area (Å²) in [5.41, 5.74) is -0.125. The van der Waals surface area contributed by atoms with Crippen LogP contribution in [0.3, 0.4) is 0 Å². The summed E-state index contributed by atoms with van der Waals surface area (Å²) in [5, 5.41) is 2.84. The summed E-state index contributed by atoms with van der Waals surface area (Å²) >= 11 is 4.90. The molecule has 0 bridgehead atoms. The van der Waals surface area contributed by atoms with Gasteiger partial charge in [0.15, 0.2) is 5.82 Å². The lowest BCUT2D eigenvalue weighted by molar-refractivity contribution is -0.137. The standard InChI is InChI=1S/C10H8F3N3S/c1-16-9(17)14-8(15-16)6-2-4-7(5-3-6)10(11,12)13/h2-5H,1H3,(H,14,15,17). The van der Waals surface area contributed by atoms with Crippen LogP contribution in [0.5, 0.6) is 0 Å². The molecule has 0 atom stereocenters. The molecule has 0 radical (unpaired) electrons. The molecule has 0 aliphatic heterocycles. The molecule has 0 saturated carbocycles. The minimum Gasteiger partial charge on any atom is -0.279 e. The molecule has 1 aromatic carbocycles. The van der Waals surface area contributed by atoms with Crippen LogP contribution in [0, 0.1) is 4.77 Å². The Bertz CT molecular complexity index is 580. The Morgan fingerprint density at radius 2 is 1.82 bits per heavy atom. The first-order valence-electron chi connectivity index (χ1n) is 4.68. The number of H-pyrrole nitrogens is 1. The van der Waals surface area contributed by atoms with Gasteiger partial charge in [0.1, 0.15) is 0 Å². The van der Waals surface area contributed by atoms with E-state index in [1.807, 2.05) is 0 Å². The van der Waals surface area contributed by atoms with E-state index in [9.17, 15) is 13.2 Å². The maximum Gasteiger partial charge on any atom is 0.416 e. The average molecular weight is 259 g/mol. The molecular weight excluding hydrogens is 251 g/mol. The Hall–Kier alpha value is -1.63. The second-order valence-corrected chi connectivity index (χ2v) is 3.85. The molecule has 0 spiro atoms. The fraction of sp³-hybridized carbons (Fsp3) is 0.200. The lowest BCUT2D eigenvalue weighted by Gasteiger charge is -2.06. The summed E-state index contributed by atoms with van der Waals surface area (Å²) in [6.45, 7) is 0. The van der Waals surface area contributed by atoms with Gasteiger partial charge in [0.25, 0.3) is 0 Å². The minimum absolute atomic E-state index is 0.347. The number of hydrogen-bond acceptors (Lipinski definition) is 2. The Morgan fingerprint density at radius 3 is 2.24 bits per heavy atom. The maximum absolute atomic E-state index is 12.3. The van der Waals surface area contributed by atoms with Gasteiger partial charge in [-0.3, -0.25) is 9.78 Å². The van der Waals surface area contributed by atoms with Crippen molar-refractivity contribution in [2.75, 3.05) is 0 Å². The van der Waals surface area contributed by atoms with E-state index in [4.69, 9.17) is 12.2 Å². The number of nitrogens with one attached hydrogen (secondary N) is 1. The van der Waals surface area contributed by atoms with Crippen molar-refractivity contribution in [3.63, 3.8) is 0 Å². The number of aromatic nitrogens is 3. The summed E-state index contributed by atoms with van der Waals surface area (Å²) in [5.74, 6) is 0.450. The molecule has 1 N–H and O–H groups in total. The third-order valence-electron chi connectivity index (χ3n) is 2.25. The molecule has 0 aliphatic carbocycles. The quantitative estimate of drug-likeness (QED) is 0.798. The van der Waals surface area contributed by atoms with Crippen molar-refractivity contribution in [2.24, 2.45) is 7.05 Å². The molecule has 0 amide bonds. The number of hydrogen-bond donors (Lipinski definition) is 1. The van der Waals surface area contributed by atoms with Gasteiger partial charge in [0.2, 0.25) is 4.77 Å². The molecule has 0 unspecified atom stereocenters. The highest BCUT2D eigenvalue weighted by atomic mass is 32.1. The molecule has 7 heteroatoms. The molecule has 90 valence electrons. The van der Waals surface area contributed by atoms with E-state index in [1.165, 1.54) is 16.8 Å². The topological polar surface area (TPSA) is 33.6 Å². The van der Waals surface area contributed by atoms with Gasteiger partial charge in [-0.1, -0.05) is 12.1 Å². The van der Waals surface area contributed by atoms with Crippen LogP contribution in [0.1, 0.15) is 5.56 Å². The van der Waals surface area contributed by atoms with Crippen LogP contribution in [0.15, 0.2) is 24.3 Å². The number of rotatable bonds is 1. The number of halogens is 3. The zero-order chi connectivity index (χ0) is 12.6. The molecule has 1 aromatic heterocycles. The van der Waals surface area contributed by atoms with Crippen molar-refractivity contribution in [3.05, 3.63) is 34.6 Å². The third kappa shape index (κ3) is 2.38. The highest BCUT2D eigenvalue weighted by molar-refractivity contribution is 7.71. The van der Waals surface area contributed by atoms with Gasteiger partial charge in [-0.2, -0.15) is 18.2 Å². The summed E-state index contributed by atoms with van der Waals surface area (Å²) in [7, 11) is 1.68. The van der Waals surface area contributed by atoms with Gasteiger partial charge in [0.05, 0.1) is 5.56 Å². The van der Waals surface area contributed by atoms with Crippen molar-refractivity contribution in [1.29, 1.82) is 0 Å². The SMILES string of the molecule is Cn1[nH]c(-c2ccc(C(F)(F)F)cc2)nc1=S. The van der Waals surface area contributed by atoms with Crippen molar-refractivity contribution in [3.8, 4) is 11.4 Å². The van der Waals surface area contributed by atoms with E-state index >= 15 is 0 Å². The maximum atomic E-state index is 12.3. The first-order chi connectivity index (χ1) is 7.88. The lowest BCUT2D eigenvalue weighted by atomic mass is 10.1. The Kier molecular flexibility index (Phi) is 2.78. The number of benzene rings is 1. The third-order valence-corrected chi connectivity index (χ3v) is 2.62. The fourth-order valence-corrected chi connectivity index (χ4v) is 1.49. The van der Waals surface area contributed by atoms with Gasteiger partial charge in [0, 0.05) is 12.6 Å². The van der Waals surface area contributed by atoms with Crippen molar-refractivity contribution >= 4 is 12.2 Å². The van der Waals surface area contributed by atoms with E-state index in [1.54, 1.807) is 7.05 Å². The number of alkyl halides is 3. The summed E-state index contributed by atoms with van der Waals surface area (Å²) in [6, 6.07) is 4.74. The van der Waals surface area contributed by atoms with Gasteiger partial charge in [-0.15, -0.1) is 0 Å². The van der Waals surface area contributed by atoms with Gasteiger partial charge in [-0.25, -0.2) is 0 Å². The van der Waals surface area contributed by atoms with Crippen LogP contribution in [-0.2, 0) is 13.2 Å². The zero-order valence-electron chi connectivity index (χ0n) is 8.75. The number of aromatic amines is 1. The lowest BCUT2D eigenvalue weighted by Crippen LogP contribution is -2.04. The largest absolute Gasteiger partial charge is 0.416 e. The Labute approximate surface area is 99.9 Å². The average Bonchev–Trinajstić information content (AvgIpc) is 2.58. The summed E-state index contributed by atoms with van der Waals surface area (Å²) < 4.78 is 38.9. The molecule has 2 aromatic rings. The van der Waals surface area contributed by atoms with Crippen molar-refractivity contribution in [2.45, 2.75) is 6.18 Å². The number of aryl methyl sites for hydroxylation is 1. The normalized spacial score (nSPS) is 11.8. The smallest absolute Gasteiger partial charge is 0.279 e. The second kappa shape index (κ2) is 3.99. The van der Waals surface area contributed by atoms with Gasteiger partial charge >= 0.3 is 6.18 Å². The zero-order valence-corrected chi connectivity index (χ0v) is 9.56. The predicted octanol–water partition coefficient (Wildman–Crippen LogP) is 3.16. The Morgan fingerprint density at radius 1 is 1.24 bits per heavy atom. The summed E-state index contributed by atoms with van der Waals surface area (Å²) in [4.78, 5) is 4.01. The van der Waals surface area contributed by atoms with Crippen LogP contribution < -0.4 is 0 Å². The molecule has 0 saturated heterocycles. The highest BCUT2D eigenvalue weighted by Crippen LogP contribution is 2.30. The molecule has 17 heavy (non-hydrogen) atoms. The number of nitrogens with zero attached hydrogens (tertiary/aromatic N) is 2. The van der Waals surface area contributed by atoms with E-state index in [-0.39, 0.29) is 0 Å². The molecule has 0 fully saturated rings. The van der Waals surface area contributed by atoms with Crippen LogP contribution in [-0.4, -0.2) is 14.8 Å². The van der Waals surface area contributed by atoms with Crippen LogP contribution in [0.4, 0.5) is 13.2 Å². The Balaban J connectivity index is 2.39. The monoisotopic (exact) mass is 259 g/mol. The fourth-order valence-electron chi connectivity index (χ4n) is 1.35. The van der Waals surface area contributed by atoms with E-state index in [2.05, 4.69) is 10.1 Å². The second-order valence-electron chi connectivity index (χ2n) is 3.49. The van der Waals surface area contributed by atoms with E-state index in [0.717, 1.165) is 12.1 Å². The van der Waals surface area contributed by atoms with Crippen LogP contribution in [0.2, 0.25) is 0 Å². The van der Waals surface area contributed by atoms with E-state index < -0.39 is 11.7 Å². The van der Waals surface area contributed by atoms with Gasteiger partial charge < -0.3 is 0 Å². The van der Waals surface area contributed by atoms with Crippen LogP contribution >= 0.6 is 12.2 Å². The minimum atomic E-state index is -4.32. The van der Waals surface area contributed by atoms with Crippen LogP contribution in [0.25, 0.3) is 11.4 Å².